The standard InChI is InChI=1S/C14H24N2O3S/c1-3-5-11-15-13-9-7-8-10-14(13)16(12-6-4-2)20(17,18)19/h7-10,15H,3-6,11-12H2,1-2H3,(H,17,18,19). The highest BCUT2D eigenvalue weighted by Crippen LogP contribution is 2.27. The van der Waals surface area contributed by atoms with E-state index < -0.39 is 10.3 Å². The zero-order valence-electron chi connectivity index (χ0n) is 12.2. The normalized spacial score (nSPS) is 11.3. The summed E-state index contributed by atoms with van der Waals surface area (Å²) >= 11 is 0. The van der Waals surface area contributed by atoms with Crippen LogP contribution >= 0.6 is 0 Å². The second kappa shape index (κ2) is 8.11. The molecule has 20 heavy (non-hydrogen) atoms. The third-order valence-corrected chi connectivity index (χ3v) is 3.95. The van der Waals surface area contributed by atoms with Gasteiger partial charge in [-0.05, 0) is 25.0 Å². The number of hydrogen-bond acceptors (Lipinski definition) is 3. The number of anilines is 2. The molecule has 0 fully saturated rings. The summed E-state index contributed by atoms with van der Waals surface area (Å²) in [6, 6.07) is 7.15. The Bertz CT molecular complexity index is 503. The average Bonchev–Trinajstić information content (AvgIpc) is 2.39. The maximum absolute atomic E-state index is 11.6. The highest BCUT2D eigenvalue weighted by atomic mass is 32.2. The molecule has 0 saturated heterocycles. The van der Waals surface area contributed by atoms with Crippen molar-refractivity contribution >= 4 is 21.7 Å². The first-order chi connectivity index (χ1) is 9.50. The van der Waals surface area contributed by atoms with Crippen LogP contribution in [0.2, 0.25) is 0 Å². The van der Waals surface area contributed by atoms with Gasteiger partial charge in [-0.25, -0.2) is 4.31 Å². The monoisotopic (exact) mass is 300 g/mol. The van der Waals surface area contributed by atoms with Gasteiger partial charge in [0.25, 0.3) is 0 Å². The van der Waals surface area contributed by atoms with E-state index in [2.05, 4.69) is 12.2 Å². The maximum atomic E-state index is 11.6. The van der Waals surface area contributed by atoms with E-state index in [1.807, 2.05) is 19.1 Å². The van der Waals surface area contributed by atoms with Crippen LogP contribution in [-0.2, 0) is 10.3 Å². The van der Waals surface area contributed by atoms with Crippen molar-refractivity contribution in [3.05, 3.63) is 24.3 Å². The van der Waals surface area contributed by atoms with Gasteiger partial charge in [0.1, 0.15) is 0 Å². The van der Waals surface area contributed by atoms with Crippen LogP contribution in [0, 0.1) is 0 Å². The summed E-state index contributed by atoms with van der Waals surface area (Å²) in [6.45, 7) is 5.13. The van der Waals surface area contributed by atoms with Gasteiger partial charge in [0.2, 0.25) is 0 Å². The van der Waals surface area contributed by atoms with Gasteiger partial charge < -0.3 is 5.32 Å². The SMILES string of the molecule is CCCCNc1ccccc1N(CCCC)S(=O)(=O)O. The van der Waals surface area contributed by atoms with E-state index in [1.54, 1.807) is 12.1 Å². The molecule has 0 spiro atoms. The van der Waals surface area contributed by atoms with Crippen molar-refractivity contribution in [2.75, 3.05) is 22.7 Å². The van der Waals surface area contributed by atoms with E-state index in [0.717, 1.165) is 35.8 Å². The van der Waals surface area contributed by atoms with Crippen molar-refractivity contribution in [2.45, 2.75) is 39.5 Å². The number of nitrogens with zero attached hydrogens (tertiary/aromatic N) is 1. The number of para-hydroxylation sites is 2. The smallest absolute Gasteiger partial charge is 0.360 e. The van der Waals surface area contributed by atoms with E-state index >= 15 is 0 Å². The molecule has 6 heteroatoms. The molecule has 114 valence electrons. The number of benzene rings is 1. The van der Waals surface area contributed by atoms with Crippen LogP contribution in [0.4, 0.5) is 11.4 Å². The summed E-state index contributed by atoms with van der Waals surface area (Å²) in [7, 11) is -4.25. The summed E-state index contributed by atoms with van der Waals surface area (Å²) in [6.07, 6.45) is 3.63. The molecular formula is C14H24N2O3S. The quantitative estimate of drug-likeness (QED) is 0.542. The van der Waals surface area contributed by atoms with Crippen molar-refractivity contribution in [1.29, 1.82) is 0 Å². The molecule has 0 atom stereocenters. The van der Waals surface area contributed by atoms with Gasteiger partial charge in [0, 0.05) is 13.1 Å². The lowest BCUT2D eigenvalue weighted by atomic mass is 10.2. The predicted octanol–water partition coefficient (Wildman–Crippen LogP) is 3.31. The lowest BCUT2D eigenvalue weighted by molar-refractivity contribution is 0.477. The molecule has 0 amide bonds. The molecule has 0 aliphatic heterocycles. The minimum Gasteiger partial charge on any atom is -0.383 e. The van der Waals surface area contributed by atoms with Crippen molar-refractivity contribution in [3.63, 3.8) is 0 Å². The fourth-order valence-electron chi connectivity index (χ4n) is 1.90. The minimum atomic E-state index is -4.25. The number of nitrogens with one attached hydrogen (secondary N) is 1. The second-order valence-corrected chi connectivity index (χ2v) is 6.04. The van der Waals surface area contributed by atoms with Crippen molar-refractivity contribution < 1.29 is 13.0 Å². The van der Waals surface area contributed by atoms with Crippen LogP contribution in [0.3, 0.4) is 0 Å². The van der Waals surface area contributed by atoms with E-state index in [0.29, 0.717) is 12.1 Å². The van der Waals surface area contributed by atoms with Gasteiger partial charge in [-0.1, -0.05) is 38.8 Å². The maximum Gasteiger partial charge on any atom is 0.360 e. The summed E-state index contributed by atoms with van der Waals surface area (Å²) in [5.74, 6) is 0. The second-order valence-electron chi connectivity index (χ2n) is 4.70. The molecule has 0 heterocycles. The van der Waals surface area contributed by atoms with Gasteiger partial charge in [0.05, 0.1) is 11.4 Å². The molecule has 2 N–H and O–H groups in total. The Kier molecular flexibility index (Phi) is 6.81. The zero-order valence-corrected chi connectivity index (χ0v) is 13.0. The number of rotatable bonds is 9. The third kappa shape index (κ3) is 5.02. The highest BCUT2D eigenvalue weighted by molar-refractivity contribution is 7.87. The Balaban J connectivity index is 3.00. The Morgan fingerprint density at radius 2 is 1.80 bits per heavy atom. The average molecular weight is 300 g/mol. The fourth-order valence-corrected chi connectivity index (χ4v) is 2.67. The van der Waals surface area contributed by atoms with E-state index in [4.69, 9.17) is 0 Å². The van der Waals surface area contributed by atoms with Crippen molar-refractivity contribution in [1.82, 2.24) is 0 Å². The molecule has 0 saturated carbocycles. The summed E-state index contributed by atoms with van der Waals surface area (Å²) in [4.78, 5) is 0. The molecule has 0 aliphatic carbocycles. The first-order valence-corrected chi connectivity index (χ1v) is 8.48. The molecular weight excluding hydrogens is 276 g/mol. The zero-order chi connectivity index (χ0) is 15.0. The van der Waals surface area contributed by atoms with E-state index in [-0.39, 0.29) is 6.54 Å². The van der Waals surface area contributed by atoms with Crippen molar-refractivity contribution in [3.8, 4) is 0 Å². The van der Waals surface area contributed by atoms with E-state index in [9.17, 15) is 13.0 Å². The largest absolute Gasteiger partial charge is 0.383 e. The van der Waals surface area contributed by atoms with E-state index in [1.165, 1.54) is 0 Å². The molecule has 1 rings (SSSR count). The summed E-state index contributed by atoms with van der Waals surface area (Å²) in [5, 5.41) is 3.23. The molecule has 0 bridgehead atoms. The lowest BCUT2D eigenvalue weighted by Gasteiger charge is -2.23. The van der Waals surface area contributed by atoms with Gasteiger partial charge in [-0.2, -0.15) is 8.42 Å². The summed E-state index contributed by atoms with van der Waals surface area (Å²) in [5.41, 5.74) is 1.23. The van der Waals surface area contributed by atoms with Crippen LogP contribution in [0.5, 0.6) is 0 Å². The molecule has 1 aromatic carbocycles. The van der Waals surface area contributed by atoms with Crippen LogP contribution in [0.25, 0.3) is 0 Å². The highest BCUT2D eigenvalue weighted by Gasteiger charge is 2.21. The van der Waals surface area contributed by atoms with Gasteiger partial charge >= 0.3 is 10.3 Å². The predicted molar refractivity (Wildman–Crippen MR) is 83.6 cm³/mol. The Morgan fingerprint density at radius 3 is 2.40 bits per heavy atom. The minimum absolute atomic E-state index is 0.280. The van der Waals surface area contributed by atoms with Crippen LogP contribution in [-0.4, -0.2) is 26.1 Å². The van der Waals surface area contributed by atoms with Crippen LogP contribution in [0.1, 0.15) is 39.5 Å². The third-order valence-electron chi connectivity index (χ3n) is 3.01. The van der Waals surface area contributed by atoms with Gasteiger partial charge in [-0.15, -0.1) is 0 Å². The molecule has 1 aromatic rings. The first kappa shape index (κ1) is 16.8. The number of unbranched alkanes of at least 4 members (excludes halogenated alkanes) is 2. The lowest BCUT2D eigenvalue weighted by Crippen LogP contribution is -2.32. The van der Waals surface area contributed by atoms with Gasteiger partial charge in [0.15, 0.2) is 0 Å². The number of hydrogen-bond donors (Lipinski definition) is 2. The Morgan fingerprint density at radius 1 is 1.15 bits per heavy atom. The molecule has 0 aliphatic rings. The first-order valence-electron chi connectivity index (χ1n) is 7.08. The summed E-state index contributed by atoms with van der Waals surface area (Å²) < 4.78 is 33.6. The molecule has 0 unspecified atom stereocenters. The van der Waals surface area contributed by atoms with Crippen molar-refractivity contribution in [2.24, 2.45) is 0 Å². The van der Waals surface area contributed by atoms with Crippen LogP contribution < -0.4 is 9.62 Å². The Labute approximate surface area is 121 Å². The molecule has 0 radical (unpaired) electrons. The van der Waals surface area contributed by atoms with Crippen LogP contribution in [0.15, 0.2) is 24.3 Å². The fraction of sp³-hybridized carbons (Fsp3) is 0.571. The molecule has 5 nitrogen and oxygen atoms in total. The Hall–Kier alpha value is -1.27. The molecule has 0 aromatic heterocycles. The topological polar surface area (TPSA) is 69.6 Å². The van der Waals surface area contributed by atoms with Gasteiger partial charge in [-0.3, -0.25) is 4.55 Å².